The van der Waals surface area contributed by atoms with E-state index in [0.29, 0.717) is 10.6 Å². The first-order valence-corrected chi connectivity index (χ1v) is 18.3. The minimum Gasteiger partial charge on any atom is -0.478 e. The van der Waals surface area contributed by atoms with Crippen molar-refractivity contribution in [3.63, 3.8) is 0 Å². The fourth-order valence-electron chi connectivity index (χ4n) is 7.24. The van der Waals surface area contributed by atoms with E-state index in [9.17, 15) is 14.3 Å². The van der Waals surface area contributed by atoms with E-state index in [1.165, 1.54) is 0 Å². The Kier molecular flexibility index (Phi) is 9.18. The largest absolute Gasteiger partial charge is 0.478 e. The molecule has 1 atom stereocenters. The van der Waals surface area contributed by atoms with E-state index in [2.05, 4.69) is 9.48 Å². The van der Waals surface area contributed by atoms with Gasteiger partial charge in [0.1, 0.15) is 24.5 Å². The van der Waals surface area contributed by atoms with Crippen molar-refractivity contribution in [3.8, 4) is 0 Å². The monoisotopic (exact) mass is 667 g/mol. The van der Waals surface area contributed by atoms with Crippen LogP contribution in [0, 0.1) is 24.4 Å². The lowest BCUT2D eigenvalue weighted by atomic mass is 9.85. The van der Waals surface area contributed by atoms with Crippen molar-refractivity contribution >= 4 is 35.6 Å². The summed E-state index contributed by atoms with van der Waals surface area (Å²) in [5.41, 5.74) is -0.889. The van der Waals surface area contributed by atoms with E-state index in [-0.39, 0.29) is 16.7 Å². The van der Waals surface area contributed by atoms with Crippen molar-refractivity contribution in [1.82, 2.24) is 0 Å². The quantitative estimate of drug-likeness (QED) is 0.201. The van der Waals surface area contributed by atoms with Crippen LogP contribution in [0.2, 0.25) is 0 Å². The van der Waals surface area contributed by atoms with E-state index >= 15 is 13.3 Å². The molecule has 6 nitrogen and oxygen atoms in total. The molecule has 3 aliphatic heterocycles. The zero-order valence-corrected chi connectivity index (χ0v) is 28.5. The molecule has 1 N–H and O–H groups in total. The Morgan fingerprint density at radius 3 is 2.17 bits per heavy atom. The van der Waals surface area contributed by atoms with Gasteiger partial charge in [-0.3, -0.25) is 4.57 Å². The van der Waals surface area contributed by atoms with Crippen LogP contribution in [0.1, 0.15) is 99.2 Å². The third-order valence-electron chi connectivity index (χ3n) is 9.48. The molecule has 2 fully saturated rings. The molecule has 3 heterocycles. The molecule has 0 spiro atoms. The lowest BCUT2D eigenvalue weighted by Crippen LogP contribution is -2.31. The average molecular weight is 668 g/mol. The number of benzene rings is 2. The van der Waals surface area contributed by atoms with Gasteiger partial charge in [-0.1, -0.05) is 18.9 Å². The van der Waals surface area contributed by atoms with Gasteiger partial charge in [-0.15, -0.1) is 0 Å². The van der Waals surface area contributed by atoms with Gasteiger partial charge in [-0.2, -0.15) is 0 Å². The average Bonchev–Trinajstić information content (AvgIpc) is 3.48. The minimum atomic E-state index is -3.95. The van der Waals surface area contributed by atoms with E-state index in [0.717, 1.165) is 95.9 Å². The standard InChI is InChI=1S/C37H42F3N2O4P/c1-23-33(38)31(32(36(43)44)35(40)34(23)39)30-26-15-13-24(41-17-9-5-6-10-18-41)21-28(26)47(45,46-37(2,3)4)29-22-25(14-16-27(29)30)42-19-11-7-8-12-20-42/h13-16,21-22H,5-12,17-20H2,1-4H3/p+1. The van der Waals surface area contributed by atoms with Gasteiger partial charge in [0.25, 0.3) is 7.37 Å². The van der Waals surface area contributed by atoms with E-state index in [1.807, 2.05) is 45.1 Å². The molecule has 0 amide bonds. The highest BCUT2D eigenvalue weighted by Gasteiger charge is 2.47. The normalized spacial score (nSPS) is 22.0. The minimum absolute atomic E-state index is 0.0562. The van der Waals surface area contributed by atoms with Crippen molar-refractivity contribution in [2.75, 3.05) is 31.1 Å². The molecular weight excluding hydrogens is 624 g/mol. The number of fused-ring (bicyclic) bond motifs is 2. The van der Waals surface area contributed by atoms with Gasteiger partial charge in [0.2, 0.25) is 5.71 Å². The molecule has 2 saturated heterocycles. The maximum atomic E-state index is 16.3. The topological polar surface area (TPSA) is 69.8 Å². The van der Waals surface area contributed by atoms with Gasteiger partial charge < -0.3 is 14.5 Å². The van der Waals surface area contributed by atoms with E-state index in [1.54, 1.807) is 12.1 Å². The lowest BCUT2D eigenvalue weighted by molar-refractivity contribution is -0.524. The van der Waals surface area contributed by atoms with Gasteiger partial charge in [-0.05, 0) is 82.7 Å². The van der Waals surface area contributed by atoms with Crippen LogP contribution in [-0.4, -0.2) is 53.1 Å². The molecule has 0 bridgehead atoms. The summed E-state index contributed by atoms with van der Waals surface area (Å²) in [7, 11) is -3.95. The summed E-state index contributed by atoms with van der Waals surface area (Å²) in [5, 5.41) is 10.8. The number of halogens is 3. The highest BCUT2D eigenvalue weighted by Crippen LogP contribution is 2.65. The Morgan fingerprint density at radius 1 is 0.915 bits per heavy atom. The molecule has 6 rings (SSSR count). The number of hydrogen-bond donors (Lipinski definition) is 1. The Balaban J connectivity index is 1.72. The number of aromatic carboxylic acids is 1. The van der Waals surface area contributed by atoms with Crippen molar-refractivity contribution in [3.05, 3.63) is 87.0 Å². The summed E-state index contributed by atoms with van der Waals surface area (Å²) >= 11 is 0. The van der Waals surface area contributed by atoms with Crippen LogP contribution in [0.15, 0.2) is 47.3 Å². The number of rotatable bonds is 4. The number of anilines is 1. The number of hydrogen-bond acceptors (Lipinski definition) is 4. The highest BCUT2D eigenvalue weighted by molar-refractivity contribution is 7.71. The van der Waals surface area contributed by atoms with E-state index in [4.69, 9.17) is 4.52 Å². The molecule has 2 aromatic rings. The van der Waals surface area contributed by atoms with Crippen LogP contribution in [0.5, 0.6) is 0 Å². The maximum Gasteiger partial charge on any atom is 0.339 e. The van der Waals surface area contributed by atoms with Crippen LogP contribution in [0.3, 0.4) is 0 Å². The number of allylic oxidation sites excluding steroid dienone is 5. The Bertz CT molecular complexity index is 1800. The molecule has 0 radical (unpaired) electrons. The second-order valence-electron chi connectivity index (χ2n) is 14.0. The smallest absolute Gasteiger partial charge is 0.339 e. The third-order valence-corrected chi connectivity index (χ3v) is 12.3. The fourth-order valence-corrected chi connectivity index (χ4v) is 10.1. The van der Waals surface area contributed by atoms with Crippen LogP contribution in [0.4, 0.5) is 18.9 Å². The molecule has 250 valence electrons. The summed E-state index contributed by atoms with van der Waals surface area (Å²) in [5.74, 6) is -6.15. The van der Waals surface area contributed by atoms with Crippen LogP contribution in [-0.2, 0) is 9.09 Å². The van der Waals surface area contributed by atoms with Crippen molar-refractivity contribution in [2.24, 2.45) is 0 Å². The summed E-state index contributed by atoms with van der Waals surface area (Å²) in [6.45, 7) is 9.82. The summed E-state index contributed by atoms with van der Waals surface area (Å²) in [4.78, 5) is 14.8. The first-order valence-electron chi connectivity index (χ1n) is 16.7. The zero-order chi connectivity index (χ0) is 33.7. The Labute approximate surface area is 274 Å². The fraction of sp³-hybridized carbons (Fsp3) is 0.459. The number of nitrogens with zero attached hydrogens (tertiary/aromatic N) is 2. The Morgan fingerprint density at radius 2 is 1.55 bits per heavy atom. The van der Waals surface area contributed by atoms with Gasteiger partial charge >= 0.3 is 5.97 Å². The van der Waals surface area contributed by atoms with Crippen LogP contribution >= 0.6 is 7.37 Å². The van der Waals surface area contributed by atoms with Gasteiger partial charge in [0.05, 0.1) is 16.2 Å². The number of carbonyl (C=O) groups is 1. The van der Waals surface area contributed by atoms with Crippen LogP contribution in [0.25, 0.3) is 5.57 Å². The molecule has 1 unspecified atom stereocenters. The molecule has 4 aliphatic rings. The molecule has 0 saturated carbocycles. The summed E-state index contributed by atoms with van der Waals surface area (Å²) in [6.07, 6.45) is 13.9. The van der Waals surface area contributed by atoms with Crippen molar-refractivity contribution < 1.29 is 36.7 Å². The molecular formula is C37H43F3N2O4P+. The summed E-state index contributed by atoms with van der Waals surface area (Å²) in [6, 6.07) is 5.38. The molecule has 2 aromatic carbocycles. The lowest BCUT2D eigenvalue weighted by Gasteiger charge is -2.37. The van der Waals surface area contributed by atoms with Gasteiger partial charge in [-0.25, -0.2) is 22.5 Å². The molecule has 47 heavy (non-hydrogen) atoms. The molecule has 10 heteroatoms. The third kappa shape index (κ3) is 6.17. The first-order chi connectivity index (χ1) is 22.3. The van der Waals surface area contributed by atoms with Crippen LogP contribution < -0.4 is 10.2 Å². The van der Waals surface area contributed by atoms with Gasteiger partial charge in [0.15, 0.2) is 11.6 Å². The second-order valence-corrected chi connectivity index (χ2v) is 16.2. The predicted octanol–water partition coefficient (Wildman–Crippen LogP) is 8.51. The number of carboxylic acids is 1. The second kappa shape index (κ2) is 12.9. The van der Waals surface area contributed by atoms with Gasteiger partial charge in [0, 0.05) is 60.5 Å². The zero-order valence-electron chi connectivity index (χ0n) is 27.6. The summed E-state index contributed by atoms with van der Waals surface area (Å²) < 4.78 is 71.3. The predicted molar refractivity (Wildman–Crippen MR) is 180 cm³/mol. The number of carboxylic acid groups (broad SMARTS) is 1. The van der Waals surface area contributed by atoms with Crippen molar-refractivity contribution in [2.45, 2.75) is 84.7 Å². The maximum absolute atomic E-state index is 16.3. The molecule has 1 aliphatic carbocycles. The molecule has 0 aromatic heterocycles. The Hall–Kier alpha value is -3.42. The SMILES string of the molecule is Cc1c(F)c(F)c(C(=O)O)c(C2=C3C=CC(=[N+]4CCCCCC4)C=C3P(=O)(OC(C)(C)C)c3cc(N4CCCCCC4)ccc32)c1F. The van der Waals surface area contributed by atoms with E-state index < -0.39 is 53.1 Å². The van der Waals surface area contributed by atoms with Crippen molar-refractivity contribution in [1.29, 1.82) is 0 Å². The highest BCUT2D eigenvalue weighted by atomic mass is 31.2. The first kappa shape index (κ1) is 33.5.